The lowest BCUT2D eigenvalue weighted by Gasteiger charge is -2.21. The quantitative estimate of drug-likeness (QED) is 0.895. The number of benzene rings is 2. The predicted octanol–water partition coefficient (Wildman–Crippen LogP) is 3.29. The van der Waals surface area contributed by atoms with E-state index in [9.17, 15) is 12.8 Å². The second kappa shape index (κ2) is 6.58. The van der Waals surface area contributed by atoms with Crippen LogP contribution < -0.4 is 14.2 Å². The first-order chi connectivity index (χ1) is 11.4. The lowest BCUT2D eigenvalue weighted by atomic mass is 10.1. The molecule has 1 aliphatic heterocycles. The van der Waals surface area contributed by atoms with Gasteiger partial charge in [0.1, 0.15) is 23.9 Å². The van der Waals surface area contributed by atoms with Crippen molar-refractivity contribution in [2.24, 2.45) is 0 Å². The Bertz CT molecular complexity index is 872. The average Bonchev–Trinajstić information content (AvgIpc) is 2.53. The first kappa shape index (κ1) is 17.0. The maximum absolute atomic E-state index is 13.9. The summed E-state index contributed by atoms with van der Waals surface area (Å²) in [6.07, 6.45) is 0. The molecule has 128 valence electrons. The molecule has 0 fully saturated rings. The van der Waals surface area contributed by atoms with E-state index < -0.39 is 26.8 Å². The van der Waals surface area contributed by atoms with Crippen LogP contribution in [0, 0.1) is 5.82 Å². The zero-order valence-electron chi connectivity index (χ0n) is 12.8. The van der Waals surface area contributed by atoms with E-state index in [1.807, 2.05) is 0 Å². The SMILES string of the molecule is CC(NS(=O)(=O)c1ccc(Cl)cc1F)c1ccc2c(c1)OCCO2. The monoisotopic (exact) mass is 371 g/mol. The van der Waals surface area contributed by atoms with E-state index >= 15 is 0 Å². The van der Waals surface area contributed by atoms with Crippen molar-refractivity contribution in [3.05, 3.63) is 52.8 Å². The summed E-state index contributed by atoms with van der Waals surface area (Å²) < 4.78 is 52.0. The standard InChI is InChI=1S/C16H15ClFNO4S/c1-10(11-2-4-14-15(8-11)23-7-6-22-14)19-24(20,21)16-5-3-12(17)9-13(16)18/h2-5,8-10,19H,6-7H2,1H3. The van der Waals surface area contributed by atoms with Gasteiger partial charge in [-0.1, -0.05) is 17.7 Å². The van der Waals surface area contributed by atoms with Gasteiger partial charge >= 0.3 is 0 Å². The van der Waals surface area contributed by atoms with Crippen molar-refractivity contribution in [1.29, 1.82) is 0 Å². The normalized spacial score (nSPS) is 15.1. The second-order valence-electron chi connectivity index (χ2n) is 5.32. The number of nitrogens with one attached hydrogen (secondary N) is 1. The highest BCUT2D eigenvalue weighted by Crippen LogP contribution is 2.33. The number of hydrogen-bond acceptors (Lipinski definition) is 4. The van der Waals surface area contributed by atoms with Crippen LogP contribution in [0.25, 0.3) is 0 Å². The van der Waals surface area contributed by atoms with Crippen LogP contribution in [-0.4, -0.2) is 21.6 Å². The van der Waals surface area contributed by atoms with Crippen LogP contribution in [0.15, 0.2) is 41.3 Å². The molecule has 0 aromatic heterocycles. The first-order valence-corrected chi connectivity index (χ1v) is 9.10. The van der Waals surface area contributed by atoms with E-state index in [1.165, 1.54) is 6.07 Å². The molecular formula is C16H15ClFNO4S. The molecule has 2 aromatic rings. The summed E-state index contributed by atoms with van der Waals surface area (Å²) in [6, 6.07) is 8.01. The molecule has 5 nitrogen and oxygen atoms in total. The van der Waals surface area contributed by atoms with Gasteiger partial charge in [0.25, 0.3) is 0 Å². The number of rotatable bonds is 4. The molecule has 2 aromatic carbocycles. The van der Waals surface area contributed by atoms with E-state index in [0.717, 1.165) is 12.1 Å². The number of ether oxygens (including phenoxy) is 2. The molecule has 0 spiro atoms. The summed E-state index contributed by atoms with van der Waals surface area (Å²) in [5.74, 6) is 0.274. The molecule has 1 aliphatic rings. The van der Waals surface area contributed by atoms with Gasteiger partial charge in [0.15, 0.2) is 11.5 Å². The highest BCUT2D eigenvalue weighted by Gasteiger charge is 2.23. The fourth-order valence-electron chi connectivity index (χ4n) is 2.39. The molecule has 0 saturated heterocycles. The Morgan fingerprint density at radius 3 is 2.54 bits per heavy atom. The van der Waals surface area contributed by atoms with E-state index in [2.05, 4.69) is 4.72 Å². The van der Waals surface area contributed by atoms with Gasteiger partial charge < -0.3 is 9.47 Å². The lowest BCUT2D eigenvalue weighted by molar-refractivity contribution is 0.171. The summed E-state index contributed by atoms with van der Waals surface area (Å²) in [6.45, 7) is 2.58. The number of hydrogen-bond donors (Lipinski definition) is 1. The molecule has 24 heavy (non-hydrogen) atoms. The Balaban J connectivity index is 1.84. The van der Waals surface area contributed by atoms with Crippen molar-refractivity contribution in [1.82, 2.24) is 4.72 Å². The van der Waals surface area contributed by atoms with E-state index in [0.29, 0.717) is 30.3 Å². The van der Waals surface area contributed by atoms with Crippen molar-refractivity contribution < 1.29 is 22.3 Å². The van der Waals surface area contributed by atoms with Crippen LogP contribution in [0.3, 0.4) is 0 Å². The summed E-state index contributed by atoms with van der Waals surface area (Å²) in [5, 5.41) is 0.131. The first-order valence-electron chi connectivity index (χ1n) is 7.24. The van der Waals surface area contributed by atoms with Gasteiger partial charge in [-0.15, -0.1) is 0 Å². The fourth-order valence-corrected chi connectivity index (χ4v) is 3.84. The molecule has 1 atom stereocenters. The van der Waals surface area contributed by atoms with Crippen molar-refractivity contribution in [2.75, 3.05) is 13.2 Å². The molecule has 0 radical (unpaired) electrons. The molecule has 1 N–H and O–H groups in total. The van der Waals surface area contributed by atoms with Crippen LogP contribution in [0.5, 0.6) is 11.5 Å². The van der Waals surface area contributed by atoms with Gasteiger partial charge in [-0.25, -0.2) is 17.5 Å². The van der Waals surface area contributed by atoms with Crippen molar-refractivity contribution >= 4 is 21.6 Å². The lowest BCUT2D eigenvalue weighted by Crippen LogP contribution is -2.27. The van der Waals surface area contributed by atoms with Gasteiger partial charge in [-0.3, -0.25) is 0 Å². The van der Waals surface area contributed by atoms with Crippen LogP contribution in [0.4, 0.5) is 4.39 Å². The molecule has 0 saturated carbocycles. The maximum atomic E-state index is 13.9. The Morgan fingerprint density at radius 1 is 1.12 bits per heavy atom. The fraction of sp³-hybridized carbons (Fsp3) is 0.250. The van der Waals surface area contributed by atoms with E-state index in [4.69, 9.17) is 21.1 Å². The minimum absolute atomic E-state index is 0.131. The summed E-state index contributed by atoms with van der Waals surface area (Å²) in [5.41, 5.74) is 0.678. The molecule has 0 aliphatic carbocycles. The smallest absolute Gasteiger partial charge is 0.244 e. The third-order valence-corrected chi connectivity index (χ3v) is 5.39. The molecule has 0 amide bonds. The molecule has 1 unspecified atom stereocenters. The van der Waals surface area contributed by atoms with Crippen molar-refractivity contribution in [3.8, 4) is 11.5 Å². The predicted molar refractivity (Wildman–Crippen MR) is 87.6 cm³/mol. The largest absolute Gasteiger partial charge is 0.486 e. The molecule has 8 heteroatoms. The minimum atomic E-state index is -4.03. The summed E-state index contributed by atoms with van der Waals surface area (Å²) in [4.78, 5) is -0.448. The van der Waals surface area contributed by atoms with Gasteiger partial charge in [-0.2, -0.15) is 0 Å². The second-order valence-corrected chi connectivity index (χ2v) is 7.44. The maximum Gasteiger partial charge on any atom is 0.244 e. The van der Waals surface area contributed by atoms with Crippen molar-refractivity contribution in [2.45, 2.75) is 17.9 Å². The minimum Gasteiger partial charge on any atom is -0.486 e. The van der Waals surface area contributed by atoms with Crippen molar-refractivity contribution in [3.63, 3.8) is 0 Å². The molecular weight excluding hydrogens is 357 g/mol. The van der Waals surface area contributed by atoms with Crippen LogP contribution in [0.1, 0.15) is 18.5 Å². The molecule has 3 rings (SSSR count). The Morgan fingerprint density at radius 2 is 1.83 bits per heavy atom. The van der Waals surface area contributed by atoms with Gasteiger partial charge in [0.05, 0.1) is 0 Å². The van der Waals surface area contributed by atoms with Gasteiger partial charge in [0, 0.05) is 11.1 Å². The molecule has 1 heterocycles. The molecule has 0 bridgehead atoms. The van der Waals surface area contributed by atoms with E-state index in [1.54, 1.807) is 25.1 Å². The van der Waals surface area contributed by atoms with Crippen LogP contribution >= 0.6 is 11.6 Å². The highest BCUT2D eigenvalue weighted by molar-refractivity contribution is 7.89. The zero-order chi connectivity index (χ0) is 17.3. The number of fused-ring (bicyclic) bond motifs is 1. The third-order valence-electron chi connectivity index (χ3n) is 3.58. The van der Waals surface area contributed by atoms with E-state index in [-0.39, 0.29) is 5.02 Å². The Hall–Kier alpha value is -1.83. The summed E-state index contributed by atoms with van der Waals surface area (Å²) in [7, 11) is -4.03. The summed E-state index contributed by atoms with van der Waals surface area (Å²) >= 11 is 5.66. The van der Waals surface area contributed by atoms with Crippen LogP contribution in [0.2, 0.25) is 5.02 Å². The number of halogens is 2. The third kappa shape index (κ3) is 3.48. The highest BCUT2D eigenvalue weighted by atomic mass is 35.5. The Labute approximate surface area is 144 Å². The van der Waals surface area contributed by atoms with Crippen LogP contribution in [-0.2, 0) is 10.0 Å². The number of sulfonamides is 1. The van der Waals surface area contributed by atoms with Gasteiger partial charge in [-0.05, 0) is 42.8 Å². The zero-order valence-corrected chi connectivity index (χ0v) is 14.3. The Kier molecular flexibility index (Phi) is 4.67. The average molecular weight is 372 g/mol. The van der Waals surface area contributed by atoms with Gasteiger partial charge in [0.2, 0.25) is 10.0 Å². The topological polar surface area (TPSA) is 64.6 Å².